The van der Waals surface area contributed by atoms with Gasteiger partial charge in [-0.3, -0.25) is 4.79 Å². The van der Waals surface area contributed by atoms with Crippen molar-refractivity contribution in [1.82, 2.24) is 14.3 Å². The monoisotopic (exact) mass is 401 g/mol. The van der Waals surface area contributed by atoms with Crippen LogP contribution in [0.1, 0.15) is 24.2 Å². The molecule has 7 nitrogen and oxygen atoms in total. The van der Waals surface area contributed by atoms with E-state index in [-0.39, 0.29) is 5.56 Å². The van der Waals surface area contributed by atoms with E-state index in [4.69, 9.17) is 4.74 Å². The van der Waals surface area contributed by atoms with E-state index in [0.717, 1.165) is 28.3 Å². The number of sulfonamides is 1. The van der Waals surface area contributed by atoms with E-state index in [1.54, 1.807) is 18.3 Å². The lowest BCUT2D eigenvalue weighted by molar-refractivity contribution is 0.0982. The van der Waals surface area contributed by atoms with Gasteiger partial charge < -0.3 is 9.30 Å². The van der Waals surface area contributed by atoms with Crippen molar-refractivity contribution >= 4 is 26.8 Å². The van der Waals surface area contributed by atoms with E-state index < -0.39 is 15.9 Å². The number of ether oxygens (including phenoxy) is 1. The van der Waals surface area contributed by atoms with Crippen LogP contribution in [0.4, 0.5) is 0 Å². The number of hydrogen-bond acceptors (Lipinski definition) is 5. The van der Waals surface area contributed by atoms with Crippen molar-refractivity contribution in [3.63, 3.8) is 0 Å². The van der Waals surface area contributed by atoms with Gasteiger partial charge in [-0.15, -0.1) is 0 Å². The zero-order valence-corrected chi connectivity index (χ0v) is 17.1. The number of pyridine rings is 1. The van der Waals surface area contributed by atoms with Crippen LogP contribution in [-0.4, -0.2) is 36.7 Å². The molecule has 2 heterocycles. The molecule has 3 aromatic rings. The van der Waals surface area contributed by atoms with Gasteiger partial charge in [0.25, 0.3) is 5.91 Å². The summed E-state index contributed by atoms with van der Waals surface area (Å²) >= 11 is 0. The predicted octanol–water partition coefficient (Wildman–Crippen LogP) is 2.96. The number of nitrogens with one attached hydrogen (secondary N) is 1. The number of carbonyl (C=O) groups excluding carboxylic acids is 1. The zero-order valence-electron chi connectivity index (χ0n) is 16.3. The summed E-state index contributed by atoms with van der Waals surface area (Å²) in [4.78, 5) is 16.5. The molecule has 28 heavy (non-hydrogen) atoms. The highest BCUT2D eigenvalue weighted by molar-refractivity contribution is 7.89. The van der Waals surface area contributed by atoms with Crippen molar-refractivity contribution in [2.24, 2.45) is 13.0 Å². The molecule has 148 valence electrons. The number of amides is 1. The predicted molar refractivity (Wildman–Crippen MR) is 109 cm³/mol. The molecule has 0 fully saturated rings. The minimum atomic E-state index is -3.61. The maximum absolute atomic E-state index is 12.1. The van der Waals surface area contributed by atoms with Crippen LogP contribution in [0.2, 0.25) is 0 Å². The first-order chi connectivity index (χ1) is 13.1. The lowest BCUT2D eigenvalue weighted by Crippen LogP contribution is -2.29. The lowest BCUT2D eigenvalue weighted by atomic mass is 10.1. The van der Waals surface area contributed by atoms with Crippen molar-refractivity contribution in [2.45, 2.75) is 13.8 Å². The summed E-state index contributed by atoms with van der Waals surface area (Å²) in [6.45, 7) is 4.77. The second kappa shape index (κ2) is 7.63. The third-order valence-electron chi connectivity index (χ3n) is 4.14. The molecule has 0 aliphatic heterocycles. The molecule has 1 N–H and O–H groups in total. The van der Waals surface area contributed by atoms with E-state index in [2.05, 4.69) is 18.8 Å². The van der Waals surface area contributed by atoms with Crippen LogP contribution in [0.5, 0.6) is 5.88 Å². The summed E-state index contributed by atoms with van der Waals surface area (Å²) in [6.07, 6.45) is 4.66. The summed E-state index contributed by atoms with van der Waals surface area (Å²) in [5.74, 6) is 0.353. The number of aryl methyl sites for hydroxylation is 1. The van der Waals surface area contributed by atoms with E-state index in [9.17, 15) is 13.2 Å². The quantitative estimate of drug-likeness (QED) is 0.686. The highest BCUT2D eigenvalue weighted by atomic mass is 32.2. The third kappa shape index (κ3) is 4.51. The Morgan fingerprint density at radius 3 is 2.61 bits per heavy atom. The number of carbonyl (C=O) groups is 1. The van der Waals surface area contributed by atoms with Gasteiger partial charge in [0.2, 0.25) is 15.9 Å². The van der Waals surface area contributed by atoms with Crippen LogP contribution in [0.25, 0.3) is 22.0 Å². The minimum absolute atomic E-state index is 0.279. The molecule has 0 radical (unpaired) electrons. The normalized spacial score (nSPS) is 11.8. The fraction of sp³-hybridized carbons (Fsp3) is 0.300. The van der Waals surface area contributed by atoms with Crippen molar-refractivity contribution in [2.75, 3.05) is 12.9 Å². The lowest BCUT2D eigenvalue weighted by Gasteiger charge is -2.08. The molecule has 8 heteroatoms. The molecule has 0 atom stereocenters. The van der Waals surface area contributed by atoms with Gasteiger partial charge in [0, 0.05) is 53.1 Å². The average molecular weight is 401 g/mol. The largest absolute Gasteiger partial charge is 0.477 e. The number of benzene rings is 1. The second-order valence-electron chi connectivity index (χ2n) is 7.18. The Morgan fingerprint density at radius 1 is 1.25 bits per heavy atom. The van der Waals surface area contributed by atoms with E-state index in [1.807, 2.05) is 40.7 Å². The summed E-state index contributed by atoms with van der Waals surface area (Å²) in [5.41, 5.74) is 2.99. The first-order valence-corrected chi connectivity index (χ1v) is 10.7. The molecule has 3 rings (SSSR count). The first-order valence-electron chi connectivity index (χ1n) is 8.84. The summed E-state index contributed by atoms with van der Waals surface area (Å²) in [5, 5.41) is 0.941. The van der Waals surface area contributed by atoms with Crippen LogP contribution in [-0.2, 0) is 17.1 Å². The maximum Gasteiger partial charge on any atom is 0.264 e. The Kier molecular flexibility index (Phi) is 5.42. The zero-order chi connectivity index (χ0) is 20.5. The number of fused-ring (bicyclic) bond motifs is 1. The number of rotatable bonds is 6. The molecule has 0 saturated heterocycles. The number of aromatic nitrogens is 2. The summed E-state index contributed by atoms with van der Waals surface area (Å²) in [6, 6.07) is 8.88. The van der Waals surface area contributed by atoms with Gasteiger partial charge in [-0.1, -0.05) is 19.9 Å². The molecule has 2 aromatic heterocycles. The van der Waals surface area contributed by atoms with Crippen molar-refractivity contribution < 1.29 is 17.9 Å². The highest BCUT2D eigenvalue weighted by Crippen LogP contribution is 2.31. The molecule has 0 saturated carbocycles. The standard InChI is InChI=1S/C20H23N3O4S/c1-13(2)12-27-19-8-6-15(10-21-19)17-11-23(3)18-9-14(5-7-16(17)18)20(24)22-28(4,25)26/h5-11,13H,12H2,1-4H3,(H,22,24). The minimum Gasteiger partial charge on any atom is -0.477 e. The topological polar surface area (TPSA) is 90.3 Å². The Balaban J connectivity index is 1.92. The van der Waals surface area contributed by atoms with Gasteiger partial charge in [-0.2, -0.15) is 0 Å². The Labute approximate surface area is 164 Å². The van der Waals surface area contributed by atoms with Gasteiger partial charge in [0.15, 0.2) is 0 Å². The van der Waals surface area contributed by atoms with Gasteiger partial charge in [0.05, 0.1) is 12.9 Å². The highest BCUT2D eigenvalue weighted by Gasteiger charge is 2.15. The van der Waals surface area contributed by atoms with Gasteiger partial charge in [0.1, 0.15) is 0 Å². The van der Waals surface area contributed by atoms with Crippen LogP contribution < -0.4 is 9.46 Å². The summed E-state index contributed by atoms with van der Waals surface area (Å²) < 4.78 is 32.1. The third-order valence-corrected chi connectivity index (χ3v) is 4.70. The SMILES string of the molecule is CC(C)COc1ccc(-c2cn(C)c3cc(C(=O)NS(C)(=O)=O)ccc23)cn1. The fourth-order valence-electron chi connectivity index (χ4n) is 2.86. The molecular weight excluding hydrogens is 378 g/mol. The molecule has 0 unspecified atom stereocenters. The van der Waals surface area contributed by atoms with Crippen LogP contribution in [0, 0.1) is 5.92 Å². The Hall–Kier alpha value is -2.87. The fourth-order valence-corrected chi connectivity index (χ4v) is 3.31. The van der Waals surface area contributed by atoms with Crippen molar-refractivity contribution in [1.29, 1.82) is 0 Å². The van der Waals surface area contributed by atoms with Crippen molar-refractivity contribution in [3.05, 3.63) is 48.3 Å². The average Bonchev–Trinajstić information content (AvgIpc) is 2.95. The van der Waals surface area contributed by atoms with E-state index in [1.165, 1.54) is 0 Å². The molecule has 1 aromatic carbocycles. The molecule has 0 bridgehead atoms. The van der Waals surface area contributed by atoms with Gasteiger partial charge in [-0.05, 0) is 24.1 Å². The van der Waals surface area contributed by atoms with Crippen LogP contribution in [0.3, 0.4) is 0 Å². The van der Waals surface area contributed by atoms with E-state index >= 15 is 0 Å². The Bertz CT molecular complexity index is 1120. The van der Waals surface area contributed by atoms with Crippen LogP contribution in [0.15, 0.2) is 42.7 Å². The smallest absolute Gasteiger partial charge is 0.264 e. The van der Waals surface area contributed by atoms with E-state index in [0.29, 0.717) is 18.4 Å². The maximum atomic E-state index is 12.1. The molecule has 0 spiro atoms. The molecular formula is C20H23N3O4S. The number of nitrogens with zero attached hydrogens (tertiary/aromatic N) is 2. The Morgan fingerprint density at radius 2 is 2.00 bits per heavy atom. The first kappa shape index (κ1) is 19.9. The number of hydrogen-bond donors (Lipinski definition) is 1. The second-order valence-corrected chi connectivity index (χ2v) is 8.93. The van der Waals surface area contributed by atoms with Crippen LogP contribution >= 0.6 is 0 Å². The van der Waals surface area contributed by atoms with Crippen molar-refractivity contribution in [3.8, 4) is 17.0 Å². The molecule has 0 aliphatic rings. The van der Waals surface area contributed by atoms with Gasteiger partial charge >= 0.3 is 0 Å². The summed E-state index contributed by atoms with van der Waals surface area (Å²) in [7, 11) is -1.74. The molecule has 0 aliphatic carbocycles. The molecule has 1 amide bonds. The van der Waals surface area contributed by atoms with Gasteiger partial charge in [-0.25, -0.2) is 18.1 Å².